The van der Waals surface area contributed by atoms with E-state index in [0.29, 0.717) is 29.5 Å². The van der Waals surface area contributed by atoms with E-state index in [9.17, 15) is 28.1 Å². The van der Waals surface area contributed by atoms with Gasteiger partial charge in [-0.3, -0.25) is 9.59 Å². The highest BCUT2D eigenvalue weighted by Gasteiger charge is 2.49. The number of nitrogens with zero attached hydrogens (tertiary/aromatic N) is 1. The molecule has 0 saturated heterocycles. The molecule has 0 N–H and O–H groups in total. The van der Waals surface area contributed by atoms with Gasteiger partial charge < -0.3 is 0 Å². The maximum absolute atomic E-state index is 13.9. The van der Waals surface area contributed by atoms with Crippen molar-refractivity contribution in [3.63, 3.8) is 0 Å². The summed E-state index contributed by atoms with van der Waals surface area (Å²) in [5, 5.41) is 9.24. The Balaban J connectivity index is 1.90. The number of Topliss-reactive ketones (excluding diaryl/α,β-unsaturated/α-hetero) is 2. The predicted molar refractivity (Wildman–Crippen MR) is 118 cm³/mol. The number of fused-ring (bicyclic) bond motifs is 1. The average Bonchev–Trinajstić information content (AvgIpc) is 3.18. The first kappa shape index (κ1) is 22.3. The van der Waals surface area contributed by atoms with Crippen LogP contribution in [-0.4, -0.2) is 25.1 Å². The van der Waals surface area contributed by atoms with Crippen LogP contribution in [0, 0.1) is 17.0 Å². The van der Waals surface area contributed by atoms with Crippen LogP contribution in [0.25, 0.3) is 0 Å². The summed E-state index contributed by atoms with van der Waals surface area (Å²) >= 11 is 0. The van der Waals surface area contributed by atoms with Gasteiger partial charge in [-0.2, -0.15) is 12.7 Å². The molecule has 1 atom stereocenters. The van der Waals surface area contributed by atoms with E-state index in [-0.39, 0.29) is 0 Å². The first-order valence-corrected chi connectivity index (χ1v) is 11.5. The van der Waals surface area contributed by atoms with Gasteiger partial charge in [0.05, 0.1) is 5.41 Å². The Hall–Kier alpha value is -3.85. The maximum atomic E-state index is 13.9. The normalized spacial score (nSPS) is 17.2. The van der Waals surface area contributed by atoms with Gasteiger partial charge in [-0.25, -0.2) is 0 Å². The zero-order valence-corrected chi connectivity index (χ0v) is 18.4. The van der Waals surface area contributed by atoms with E-state index in [0.717, 1.165) is 11.6 Å². The molecule has 8 nitrogen and oxygen atoms in total. The lowest BCUT2D eigenvalue weighted by molar-refractivity contribution is -0.711. The van der Waals surface area contributed by atoms with E-state index >= 15 is 0 Å². The molecule has 0 fully saturated rings. The fraction of sp³-hybridized carbons (Fsp3) is 0.167. The van der Waals surface area contributed by atoms with Gasteiger partial charge in [0.15, 0.2) is 0 Å². The second-order valence-corrected chi connectivity index (χ2v) is 9.34. The molecule has 0 bridgehead atoms. The van der Waals surface area contributed by atoms with Crippen molar-refractivity contribution in [3.8, 4) is 0 Å². The second kappa shape index (κ2) is 8.25. The van der Waals surface area contributed by atoms with E-state index in [4.69, 9.17) is 0 Å². The van der Waals surface area contributed by atoms with Crippen molar-refractivity contribution in [1.82, 2.24) is 0 Å². The van der Waals surface area contributed by atoms with Crippen LogP contribution in [0.15, 0.2) is 77.7 Å². The van der Waals surface area contributed by atoms with Crippen LogP contribution in [0.2, 0.25) is 0 Å². The Bertz CT molecular complexity index is 1380. The first-order valence-electron chi connectivity index (χ1n) is 10.1. The zero-order valence-electron chi connectivity index (χ0n) is 17.6. The minimum Gasteiger partial charge on any atom is -0.289 e. The number of carbonyl (C=O) groups excluding carboxylic acids is 2. The number of hydrogen-bond acceptors (Lipinski definition) is 7. The van der Waals surface area contributed by atoms with Crippen LogP contribution in [0.3, 0.4) is 0 Å². The molecule has 0 aliphatic heterocycles. The highest BCUT2D eigenvalue weighted by molar-refractivity contribution is 7.86. The minimum absolute atomic E-state index is 0.334. The molecular formula is C24H19NO7S. The van der Waals surface area contributed by atoms with Gasteiger partial charge in [0.25, 0.3) is 0 Å². The summed E-state index contributed by atoms with van der Waals surface area (Å²) in [6.07, 6.45) is 0.897. The van der Waals surface area contributed by atoms with Crippen molar-refractivity contribution >= 4 is 21.7 Å². The predicted octanol–water partition coefficient (Wildman–Crippen LogP) is 3.58. The molecule has 9 heteroatoms. The third-order valence-corrected chi connectivity index (χ3v) is 7.13. The summed E-state index contributed by atoms with van der Waals surface area (Å²) in [6.45, 7) is 1.61. The molecule has 0 aromatic heterocycles. The van der Waals surface area contributed by atoms with Gasteiger partial charge in [0, 0.05) is 5.56 Å². The average molecular weight is 465 g/mol. The fourth-order valence-electron chi connectivity index (χ4n) is 4.48. The highest BCUT2D eigenvalue weighted by atomic mass is 32.2. The molecule has 0 heterocycles. The summed E-state index contributed by atoms with van der Waals surface area (Å²) in [5.41, 5.74) is 0.980. The molecule has 1 aliphatic carbocycles. The third-order valence-electron chi connectivity index (χ3n) is 5.91. The number of benzene rings is 3. The highest BCUT2D eigenvalue weighted by Crippen LogP contribution is 2.45. The number of hydrogen-bond donors (Lipinski definition) is 0. The zero-order chi connectivity index (χ0) is 23.8. The maximum Gasteiger partial charge on any atom is 0.335 e. The number of aryl methyl sites for hydroxylation is 2. The van der Waals surface area contributed by atoms with Gasteiger partial charge >= 0.3 is 15.2 Å². The van der Waals surface area contributed by atoms with Crippen molar-refractivity contribution in [3.05, 3.63) is 111 Å². The molecule has 1 unspecified atom stereocenters. The van der Waals surface area contributed by atoms with Crippen LogP contribution in [-0.2, 0) is 31.0 Å². The molecule has 3 aromatic rings. The molecular weight excluding hydrogens is 446 g/mol. The molecule has 3 aromatic carbocycles. The Morgan fingerprint density at radius 1 is 1.00 bits per heavy atom. The minimum atomic E-state index is -4.93. The lowest BCUT2D eigenvalue weighted by atomic mass is 9.70. The van der Waals surface area contributed by atoms with Gasteiger partial charge in [-0.1, -0.05) is 66.2 Å². The van der Waals surface area contributed by atoms with E-state index in [1.54, 1.807) is 49.4 Å². The second-order valence-electron chi connectivity index (χ2n) is 7.84. The standard InChI is InChI=1S/C24H19NO7S/c1-16-11-12-21(33(30,31)32-25(28)29)19(15-16)22(26)23(27)24(18-8-3-2-4-9-18)14-13-17-7-5-6-10-20(17)24/h2-12,15H,13-14H2,1H3. The summed E-state index contributed by atoms with van der Waals surface area (Å²) in [6, 6.07) is 19.8. The van der Waals surface area contributed by atoms with Crippen LogP contribution >= 0.6 is 0 Å². The van der Waals surface area contributed by atoms with Crippen LogP contribution in [0.5, 0.6) is 0 Å². The van der Waals surface area contributed by atoms with E-state index < -0.39 is 42.6 Å². The number of ketones is 2. The Morgan fingerprint density at radius 2 is 1.67 bits per heavy atom. The molecule has 1 aliphatic rings. The van der Waals surface area contributed by atoms with Crippen molar-refractivity contribution in [1.29, 1.82) is 0 Å². The van der Waals surface area contributed by atoms with Gasteiger partial charge in [-0.05, 0) is 48.6 Å². The molecule has 0 saturated carbocycles. The summed E-state index contributed by atoms with van der Waals surface area (Å²) in [4.78, 5) is 37.5. The van der Waals surface area contributed by atoms with Crippen LogP contribution < -0.4 is 0 Å². The molecule has 0 amide bonds. The smallest absolute Gasteiger partial charge is 0.289 e. The molecule has 0 spiro atoms. The molecule has 168 valence electrons. The van der Waals surface area contributed by atoms with Gasteiger partial charge in [0.2, 0.25) is 11.6 Å². The third kappa shape index (κ3) is 3.80. The summed E-state index contributed by atoms with van der Waals surface area (Å²) in [7, 11) is -4.93. The van der Waals surface area contributed by atoms with E-state index in [1.165, 1.54) is 12.1 Å². The largest absolute Gasteiger partial charge is 0.335 e. The lowest BCUT2D eigenvalue weighted by Crippen LogP contribution is -2.40. The van der Waals surface area contributed by atoms with E-state index in [1.807, 2.05) is 12.1 Å². The van der Waals surface area contributed by atoms with Crippen LogP contribution in [0.4, 0.5) is 0 Å². The van der Waals surface area contributed by atoms with Gasteiger partial charge in [0.1, 0.15) is 4.90 Å². The molecule has 4 rings (SSSR count). The monoisotopic (exact) mass is 465 g/mol. The Labute approximate surface area is 190 Å². The van der Waals surface area contributed by atoms with E-state index in [2.05, 4.69) is 4.28 Å². The fourth-order valence-corrected chi connectivity index (χ4v) is 5.37. The van der Waals surface area contributed by atoms with Crippen molar-refractivity contribution in [2.24, 2.45) is 0 Å². The number of rotatable bonds is 7. The molecule has 33 heavy (non-hydrogen) atoms. The lowest BCUT2D eigenvalue weighted by Gasteiger charge is -2.29. The topological polar surface area (TPSA) is 121 Å². The Morgan fingerprint density at radius 3 is 2.36 bits per heavy atom. The number of carbonyl (C=O) groups is 2. The summed E-state index contributed by atoms with van der Waals surface area (Å²) in [5.74, 6) is -1.86. The quantitative estimate of drug-likeness (QED) is 0.226. The van der Waals surface area contributed by atoms with Crippen molar-refractivity contribution < 1.29 is 27.4 Å². The summed E-state index contributed by atoms with van der Waals surface area (Å²) < 4.78 is 28.7. The van der Waals surface area contributed by atoms with Crippen molar-refractivity contribution in [2.45, 2.75) is 30.1 Å². The van der Waals surface area contributed by atoms with Crippen molar-refractivity contribution in [2.75, 3.05) is 0 Å². The Kier molecular flexibility index (Phi) is 5.59. The SMILES string of the molecule is Cc1ccc(S(=O)(=O)O[N+](=O)[O-])c(C(=O)C(=O)C2(c3ccccc3)CCc3ccccc32)c1. The molecule has 0 radical (unpaired) electrons. The van der Waals surface area contributed by atoms with Gasteiger partial charge in [-0.15, -0.1) is 10.1 Å². The van der Waals surface area contributed by atoms with Crippen LogP contribution in [0.1, 0.15) is 39.0 Å². The first-order chi connectivity index (χ1) is 15.7.